The van der Waals surface area contributed by atoms with Gasteiger partial charge in [-0.15, -0.1) is 0 Å². The minimum Gasteiger partial charge on any atom is -0.340 e. The van der Waals surface area contributed by atoms with E-state index in [1.807, 2.05) is 24.3 Å². The van der Waals surface area contributed by atoms with Crippen LogP contribution < -0.4 is 16.6 Å². The van der Waals surface area contributed by atoms with Gasteiger partial charge >= 0.3 is 5.69 Å². The van der Waals surface area contributed by atoms with Crippen molar-refractivity contribution in [2.75, 3.05) is 5.32 Å². The molecule has 1 aliphatic rings. The summed E-state index contributed by atoms with van der Waals surface area (Å²) in [6.07, 6.45) is 0. The van der Waals surface area contributed by atoms with Gasteiger partial charge in [0.1, 0.15) is 10.7 Å². The maximum Gasteiger partial charge on any atom is 0.327 e. The number of aromatic nitrogens is 2. The first-order valence-corrected chi connectivity index (χ1v) is 5.46. The Bertz CT molecular complexity index is 674. The number of H-pyrrole nitrogens is 2. The van der Waals surface area contributed by atoms with Crippen LogP contribution in [0, 0.1) is 0 Å². The van der Waals surface area contributed by atoms with Crippen molar-refractivity contribution in [2.24, 2.45) is 0 Å². The maximum atomic E-state index is 11.6. The quantitative estimate of drug-likeness (QED) is 0.546. The second-order valence-corrected chi connectivity index (χ2v) is 4.39. The molecule has 3 rings (SSSR count). The van der Waals surface area contributed by atoms with Gasteiger partial charge in [0.05, 0.1) is 5.69 Å². The second-order valence-electron chi connectivity index (χ2n) is 3.34. The van der Waals surface area contributed by atoms with E-state index in [4.69, 9.17) is 0 Å². The molecule has 0 spiro atoms. The van der Waals surface area contributed by atoms with Gasteiger partial charge in [0.25, 0.3) is 5.56 Å². The monoisotopic (exact) mass is 233 g/mol. The van der Waals surface area contributed by atoms with Crippen LogP contribution >= 0.6 is 11.8 Å². The van der Waals surface area contributed by atoms with Crippen LogP contribution in [0.25, 0.3) is 0 Å². The highest BCUT2D eigenvalue weighted by Crippen LogP contribution is 2.40. The first-order chi connectivity index (χ1) is 7.74. The summed E-state index contributed by atoms with van der Waals surface area (Å²) in [4.78, 5) is 28.9. The van der Waals surface area contributed by atoms with Crippen molar-refractivity contribution < 1.29 is 0 Å². The minimum absolute atomic E-state index is 0.370. The van der Waals surface area contributed by atoms with Crippen molar-refractivity contribution in [3.05, 3.63) is 45.1 Å². The summed E-state index contributed by atoms with van der Waals surface area (Å²) in [6, 6.07) is 7.60. The van der Waals surface area contributed by atoms with E-state index >= 15 is 0 Å². The molecule has 3 N–H and O–H groups in total. The third kappa shape index (κ3) is 1.35. The number of rotatable bonds is 0. The molecule has 0 fully saturated rings. The number of fused-ring (bicyclic) bond motifs is 2. The Labute approximate surface area is 93.9 Å². The van der Waals surface area contributed by atoms with Gasteiger partial charge in [0.2, 0.25) is 0 Å². The topological polar surface area (TPSA) is 77.8 Å². The molecule has 1 aromatic heterocycles. The molecule has 1 aliphatic heterocycles. The van der Waals surface area contributed by atoms with Gasteiger partial charge in [0, 0.05) is 4.90 Å². The summed E-state index contributed by atoms with van der Waals surface area (Å²) >= 11 is 1.34. The first kappa shape index (κ1) is 9.29. The largest absolute Gasteiger partial charge is 0.340 e. The number of para-hydroxylation sites is 1. The van der Waals surface area contributed by atoms with E-state index in [0.29, 0.717) is 10.7 Å². The Kier molecular flexibility index (Phi) is 1.90. The first-order valence-electron chi connectivity index (χ1n) is 4.64. The fourth-order valence-electron chi connectivity index (χ4n) is 1.56. The Morgan fingerprint density at radius 2 is 1.88 bits per heavy atom. The normalized spacial score (nSPS) is 12.5. The highest BCUT2D eigenvalue weighted by Gasteiger charge is 2.18. The minimum atomic E-state index is -0.503. The van der Waals surface area contributed by atoms with E-state index in [1.54, 1.807) is 0 Å². The summed E-state index contributed by atoms with van der Waals surface area (Å²) in [7, 11) is 0. The van der Waals surface area contributed by atoms with Gasteiger partial charge in [-0.3, -0.25) is 14.8 Å². The van der Waals surface area contributed by atoms with Gasteiger partial charge < -0.3 is 5.32 Å². The number of hydrogen-bond donors (Lipinski definition) is 3. The van der Waals surface area contributed by atoms with Crippen molar-refractivity contribution in [1.82, 2.24) is 9.97 Å². The van der Waals surface area contributed by atoms with Crippen LogP contribution in [0.2, 0.25) is 0 Å². The number of hydrogen-bond acceptors (Lipinski definition) is 4. The van der Waals surface area contributed by atoms with Crippen LogP contribution in [0.5, 0.6) is 0 Å². The summed E-state index contributed by atoms with van der Waals surface area (Å²) in [5.41, 5.74) is 0.0169. The highest BCUT2D eigenvalue weighted by molar-refractivity contribution is 7.99. The summed E-state index contributed by atoms with van der Waals surface area (Å²) in [5, 5.41) is 3.03. The lowest BCUT2D eigenvalue weighted by Gasteiger charge is -2.18. The van der Waals surface area contributed by atoms with Crippen molar-refractivity contribution in [3.63, 3.8) is 0 Å². The Morgan fingerprint density at radius 3 is 2.75 bits per heavy atom. The Morgan fingerprint density at radius 1 is 1.06 bits per heavy atom. The number of nitrogens with one attached hydrogen (secondary N) is 3. The predicted molar refractivity (Wildman–Crippen MR) is 61.5 cm³/mol. The fraction of sp³-hybridized carbons (Fsp3) is 0. The van der Waals surface area contributed by atoms with Crippen LogP contribution in [0.1, 0.15) is 0 Å². The third-order valence-electron chi connectivity index (χ3n) is 2.26. The van der Waals surface area contributed by atoms with Crippen LogP contribution in [0.4, 0.5) is 11.5 Å². The van der Waals surface area contributed by atoms with Gasteiger partial charge in [-0.2, -0.15) is 0 Å². The molecular weight excluding hydrogens is 226 g/mol. The molecule has 0 saturated carbocycles. The second kappa shape index (κ2) is 3.28. The smallest absolute Gasteiger partial charge is 0.327 e. The molecule has 0 atom stereocenters. The molecule has 0 bridgehead atoms. The van der Waals surface area contributed by atoms with Gasteiger partial charge in [-0.1, -0.05) is 23.9 Å². The van der Waals surface area contributed by atoms with Gasteiger partial charge in [-0.25, -0.2) is 4.79 Å². The highest BCUT2D eigenvalue weighted by atomic mass is 32.2. The zero-order valence-corrected chi connectivity index (χ0v) is 8.85. The predicted octanol–water partition coefficient (Wildman–Crippen LogP) is 1.27. The van der Waals surface area contributed by atoms with Crippen molar-refractivity contribution in [1.29, 1.82) is 0 Å². The molecule has 16 heavy (non-hydrogen) atoms. The van der Waals surface area contributed by atoms with E-state index in [-0.39, 0.29) is 5.56 Å². The molecule has 6 heteroatoms. The van der Waals surface area contributed by atoms with Crippen molar-refractivity contribution in [3.8, 4) is 0 Å². The molecule has 80 valence electrons. The molecule has 1 aromatic carbocycles. The number of aromatic amines is 2. The summed E-state index contributed by atoms with van der Waals surface area (Å²) in [6.45, 7) is 0. The van der Waals surface area contributed by atoms with Crippen LogP contribution in [0.3, 0.4) is 0 Å². The van der Waals surface area contributed by atoms with E-state index in [0.717, 1.165) is 10.6 Å². The molecule has 0 saturated heterocycles. The fourth-order valence-corrected chi connectivity index (χ4v) is 2.51. The molecular formula is C10H7N3O2S. The lowest BCUT2D eigenvalue weighted by molar-refractivity contribution is 0.977. The maximum absolute atomic E-state index is 11.6. The summed E-state index contributed by atoms with van der Waals surface area (Å²) < 4.78 is 0. The number of benzene rings is 1. The van der Waals surface area contributed by atoms with E-state index in [2.05, 4.69) is 15.3 Å². The van der Waals surface area contributed by atoms with E-state index < -0.39 is 5.69 Å². The zero-order valence-electron chi connectivity index (χ0n) is 8.03. The number of anilines is 2. The lowest BCUT2D eigenvalue weighted by Crippen LogP contribution is -2.26. The van der Waals surface area contributed by atoms with E-state index in [1.165, 1.54) is 11.8 Å². The van der Waals surface area contributed by atoms with Crippen LogP contribution in [0.15, 0.2) is 43.6 Å². The van der Waals surface area contributed by atoms with E-state index in [9.17, 15) is 9.59 Å². The van der Waals surface area contributed by atoms with Crippen LogP contribution in [-0.4, -0.2) is 9.97 Å². The lowest BCUT2D eigenvalue weighted by atomic mass is 10.3. The zero-order chi connectivity index (χ0) is 11.1. The molecule has 0 radical (unpaired) electrons. The summed E-state index contributed by atoms with van der Waals surface area (Å²) in [5.74, 6) is 0.456. The molecule has 2 aromatic rings. The van der Waals surface area contributed by atoms with Gasteiger partial charge in [0.15, 0.2) is 0 Å². The average Bonchev–Trinajstić information content (AvgIpc) is 2.27. The van der Waals surface area contributed by atoms with Crippen molar-refractivity contribution in [2.45, 2.75) is 9.79 Å². The molecule has 0 unspecified atom stereocenters. The van der Waals surface area contributed by atoms with Gasteiger partial charge in [-0.05, 0) is 12.1 Å². The molecule has 5 nitrogen and oxygen atoms in total. The average molecular weight is 233 g/mol. The molecule has 0 amide bonds. The third-order valence-corrected chi connectivity index (χ3v) is 3.43. The van der Waals surface area contributed by atoms with Crippen molar-refractivity contribution >= 4 is 23.3 Å². The SMILES string of the molecule is O=c1[nH]c2c(c(=O)[nH]1)Sc1ccccc1N2. The van der Waals surface area contributed by atoms with Crippen LogP contribution in [-0.2, 0) is 0 Å². The Hall–Kier alpha value is -1.95. The molecule has 2 heterocycles. The Balaban J connectivity index is 2.23. The molecule has 0 aliphatic carbocycles. The standard InChI is InChI=1S/C10H7N3O2S/c14-9-7-8(12-10(15)13-9)11-5-3-1-2-4-6(5)16-7/h1-4H,(H3,11,12,13,14,15).